The Bertz CT molecular complexity index is 398. The Morgan fingerprint density at radius 2 is 1.83 bits per heavy atom. The zero-order valence-corrected chi connectivity index (χ0v) is 17.3. The van der Waals surface area contributed by atoms with Crippen LogP contribution in [0.15, 0.2) is 0 Å². The Hall–Kier alpha value is 0.0569. The molecule has 2 heterocycles. The maximum Gasteiger partial charge on any atom is 0.192 e. The standard InChI is InChI=1S/C18H36O4Si/c1-13-11-20-18(5,6)21-14(13)9-10-15(16-12-19-16)22-23(7,8)17(2,3)4/h13-16H,9-12H2,1-8H3/t13-,14+,15+,16+/m0/s1. The Labute approximate surface area is 143 Å². The fourth-order valence-corrected chi connectivity index (χ4v) is 4.15. The summed E-state index contributed by atoms with van der Waals surface area (Å²) in [5.41, 5.74) is 0. The highest BCUT2D eigenvalue weighted by molar-refractivity contribution is 6.74. The number of hydrogen-bond donors (Lipinski definition) is 0. The van der Waals surface area contributed by atoms with Crippen LogP contribution in [0.5, 0.6) is 0 Å². The minimum Gasteiger partial charge on any atom is -0.411 e. The molecular weight excluding hydrogens is 308 g/mol. The summed E-state index contributed by atoms with van der Waals surface area (Å²) in [4.78, 5) is 0. The number of epoxide rings is 1. The molecule has 23 heavy (non-hydrogen) atoms. The van der Waals surface area contributed by atoms with E-state index in [1.165, 1.54) is 0 Å². The summed E-state index contributed by atoms with van der Waals surface area (Å²) in [6, 6.07) is 0. The second kappa shape index (κ2) is 6.75. The third-order valence-electron chi connectivity index (χ3n) is 5.53. The summed E-state index contributed by atoms with van der Waals surface area (Å²) in [6.07, 6.45) is 2.74. The quantitative estimate of drug-likeness (QED) is 0.531. The lowest BCUT2D eigenvalue weighted by molar-refractivity contribution is -0.292. The minimum atomic E-state index is -1.77. The van der Waals surface area contributed by atoms with E-state index in [4.69, 9.17) is 18.6 Å². The van der Waals surface area contributed by atoms with Crippen molar-refractivity contribution in [1.29, 1.82) is 0 Å². The van der Waals surface area contributed by atoms with Gasteiger partial charge in [-0.3, -0.25) is 0 Å². The molecule has 136 valence electrons. The van der Waals surface area contributed by atoms with Crippen molar-refractivity contribution in [3.63, 3.8) is 0 Å². The van der Waals surface area contributed by atoms with Crippen molar-refractivity contribution in [1.82, 2.24) is 0 Å². The molecule has 0 aromatic carbocycles. The second-order valence-electron chi connectivity index (χ2n) is 9.21. The maximum atomic E-state index is 6.63. The van der Waals surface area contributed by atoms with Crippen LogP contribution in [0.1, 0.15) is 54.4 Å². The summed E-state index contributed by atoms with van der Waals surface area (Å²) in [7, 11) is -1.77. The van der Waals surface area contributed by atoms with Gasteiger partial charge in [-0.2, -0.15) is 0 Å². The summed E-state index contributed by atoms with van der Waals surface area (Å²) < 4.78 is 24.1. The lowest BCUT2D eigenvalue weighted by Crippen LogP contribution is -2.47. The second-order valence-corrected chi connectivity index (χ2v) is 14.0. The predicted octanol–water partition coefficient (Wildman–Crippen LogP) is 4.34. The first-order valence-electron chi connectivity index (χ1n) is 9.02. The lowest BCUT2D eigenvalue weighted by Gasteiger charge is -2.41. The molecule has 4 nitrogen and oxygen atoms in total. The van der Waals surface area contributed by atoms with Crippen molar-refractivity contribution in [3.05, 3.63) is 0 Å². The average molecular weight is 345 g/mol. The summed E-state index contributed by atoms with van der Waals surface area (Å²) in [5.74, 6) is -0.0417. The first-order chi connectivity index (χ1) is 10.4. The molecule has 0 amide bonds. The van der Waals surface area contributed by atoms with Gasteiger partial charge < -0.3 is 18.6 Å². The average Bonchev–Trinajstić information content (AvgIpc) is 3.21. The van der Waals surface area contributed by atoms with E-state index in [0.29, 0.717) is 5.92 Å². The van der Waals surface area contributed by atoms with E-state index >= 15 is 0 Å². The Morgan fingerprint density at radius 1 is 1.22 bits per heavy atom. The molecule has 2 fully saturated rings. The van der Waals surface area contributed by atoms with Crippen LogP contribution in [-0.4, -0.2) is 45.6 Å². The molecule has 0 bridgehead atoms. The van der Waals surface area contributed by atoms with Gasteiger partial charge >= 0.3 is 0 Å². The molecule has 2 aliphatic rings. The normalized spacial score (nSPS) is 32.6. The van der Waals surface area contributed by atoms with Gasteiger partial charge in [0.15, 0.2) is 14.1 Å². The van der Waals surface area contributed by atoms with Crippen LogP contribution in [-0.2, 0) is 18.6 Å². The topological polar surface area (TPSA) is 40.2 Å². The van der Waals surface area contributed by atoms with Crippen LogP contribution >= 0.6 is 0 Å². The van der Waals surface area contributed by atoms with Crippen molar-refractivity contribution in [2.24, 2.45) is 5.92 Å². The molecule has 0 aromatic heterocycles. The van der Waals surface area contributed by atoms with Gasteiger partial charge in [0.25, 0.3) is 0 Å². The highest BCUT2D eigenvalue weighted by Crippen LogP contribution is 2.40. The van der Waals surface area contributed by atoms with Gasteiger partial charge in [-0.25, -0.2) is 0 Å². The van der Waals surface area contributed by atoms with Gasteiger partial charge in [0.2, 0.25) is 0 Å². The van der Waals surface area contributed by atoms with Gasteiger partial charge in [0, 0.05) is 5.92 Å². The largest absolute Gasteiger partial charge is 0.411 e. The van der Waals surface area contributed by atoms with Crippen molar-refractivity contribution in [2.75, 3.05) is 13.2 Å². The first kappa shape index (κ1) is 19.4. The maximum absolute atomic E-state index is 6.63. The third-order valence-corrected chi connectivity index (χ3v) is 10.0. The summed E-state index contributed by atoms with van der Waals surface area (Å²) in [5, 5.41) is 0.227. The predicted molar refractivity (Wildman–Crippen MR) is 95.1 cm³/mol. The fourth-order valence-electron chi connectivity index (χ4n) is 2.77. The molecule has 2 saturated heterocycles. The van der Waals surface area contributed by atoms with Crippen LogP contribution in [0.3, 0.4) is 0 Å². The van der Waals surface area contributed by atoms with E-state index in [0.717, 1.165) is 26.1 Å². The van der Waals surface area contributed by atoms with Gasteiger partial charge in [-0.05, 0) is 44.8 Å². The molecule has 5 heteroatoms. The zero-order chi connectivity index (χ0) is 17.5. The van der Waals surface area contributed by atoms with E-state index in [9.17, 15) is 0 Å². The number of rotatable bonds is 6. The van der Waals surface area contributed by atoms with Crippen molar-refractivity contribution in [2.45, 2.75) is 96.6 Å². The molecule has 2 aliphatic heterocycles. The molecule has 2 rings (SSSR count). The Kier molecular flexibility index (Phi) is 5.69. The van der Waals surface area contributed by atoms with Crippen LogP contribution in [0.2, 0.25) is 18.1 Å². The van der Waals surface area contributed by atoms with E-state index < -0.39 is 14.1 Å². The van der Waals surface area contributed by atoms with Crippen molar-refractivity contribution >= 4 is 8.32 Å². The van der Waals surface area contributed by atoms with Gasteiger partial charge in [0.1, 0.15) is 6.10 Å². The number of ether oxygens (including phenoxy) is 3. The molecule has 4 atom stereocenters. The van der Waals surface area contributed by atoms with Crippen LogP contribution in [0.4, 0.5) is 0 Å². The molecule has 0 unspecified atom stereocenters. The smallest absolute Gasteiger partial charge is 0.192 e. The third kappa shape index (κ3) is 5.26. The molecule has 0 radical (unpaired) electrons. The van der Waals surface area contributed by atoms with Gasteiger partial charge in [-0.1, -0.05) is 27.7 Å². The fraction of sp³-hybridized carbons (Fsp3) is 1.00. The highest BCUT2D eigenvalue weighted by Gasteiger charge is 2.44. The van der Waals surface area contributed by atoms with Crippen LogP contribution < -0.4 is 0 Å². The van der Waals surface area contributed by atoms with Gasteiger partial charge in [-0.15, -0.1) is 0 Å². The Balaban J connectivity index is 1.93. The Morgan fingerprint density at radius 3 is 2.35 bits per heavy atom. The summed E-state index contributed by atoms with van der Waals surface area (Å²) in [6.45, 7) is 19.3. The molecule has 0 aromatic rings. The van der Waals surface area contributed by atoms with E-state index in [1.54, 1.807) is 0 Å². The number of hydrogen-bond acceptors (Lipinski definition) is 4. The summed E-state index contributed by atoms with van der Waals surface area (Å²) >= 11 is 0. The molecule has 0 spiro atoms. The van der Waals surface area contributed by atoms with Crippen LogP contribution in [0.25, 0.3) is 0 Å². The van der Waals surface area contributed by atoms with E-state index in [2.05, 4.69) is 40.8 Å². The minimum absolute atomic E-state index is 0.206. The highest BCUT2D eigenvalue weighted by atomic mass is 28.4. The lowest BCUT2D eigenvalue weighted by atomic mass is 9.97. The molecular formula is C18H36O4Si. The first-order valence-corrected chi connectivity index (χ1v) is 11.9. The van der Waals surface area contributed by atoms with Crippen LogP contribution in [0, 0.1) is 5.92 Å². The van der Waals surface area contributed by atoms with E-state index in [1.807, 2.05) is 13.8 Å². The monoisotopic (exact) mass is 344 g/mol. The van der Waals surface area contributed by atoms with Crippen molar-refractivity contribution < 1.29 is 18.6 Å². The van der Waals surface area contributed by atoms with Gasteiger partial charge in [0.05, 0.1) is 25.4 Å². The molecule has 0 N–H and O–H groups in total. The zero-order valence-electron chi connectivity index (χ0n) is 16.3. The van der Waals surface area contributed by atoms with E-state index in [-0.39, 0.29) is 23.4 Å². The van der Waals surface area contributed by atoms with Crippen molar-refractivity contribution in [3.8, 4) is 0 Å². The SMILES string of the molecule is C[C@H]1COC(C)(C)O[C@@H]1CC[C@@H](O[Si](C)(C)C(C)(C)C)[C@H]1CO1. The molecule has 0 aliphatic carbocycles. The molecule has 0 saturated carbocycles.